The van der Waals surface area contributed by atoms with Crippen LogP contribution >= 0.6 is 0 Å². The van der Waals surface area contributed by atoms with E-state index in [-0.39, 0.29) is 24.2 Å². The molecule has 1 atom stereocenters. The molecular formula is C21H24N2O4. The molecule has 2 aromatic rings. The standard InChI is InChI=1S/C21H24N2O4/c1-14-6-4-5-7-15(14)12-23-13-16(10-20(23)24)21(25)22-17-8-9-18(26-2)19(11-17)27-3/h4-9,11,16H,10,12-13H2,1-3H3,(H,22,25). The van der Waals surface area contributed by atoms with E-state index in [4.69, 9.17) is 9.47 Å². The molecule has 0 aliphatic carbocycles. The van der Waals surface area contributed by atoms with E-state index >= 15 is 0 Å². The largest absolute Gasteiger partial charge is 0.493 e. The van der Waals surface area contributed by atoms with Crippen LogP contribution in [-0.4, -0.2) is 37.5 Å². The summed E-state index contributed by atoms with van der Waals surface area (Å²) in [5.41, 5.74) is 2.86. The van der Waals surface area contributed by atoms with E-state index in [9.17, 15) is 9.59 Å². The van der Waals surface area contributed by atoms with E-state index in [1.165, 1.54) is 0 Å². The number of anilines is 1. The molecule has 6 nitrogen and oxygen atoms in total. The van der Waals surface area contributed by atoms with Crippen LogP contribution in [0.5, 0.6) is 11.5 Å². The van der Waals surface area contributed by atoms with E-state index in [1.807, 2.05) is 31.2 Å². The summed E-state index contributed by atoms with van der Waals surface area (Å²) in [5.74, 6) is 0.609. The minimum absolute atomic E-state index is 0.00529. The molecule has 142 valence electrons. The lowest BCUT2D eigenvalue weighted by Gasteiger charge is -2.18. The number of methoxy groups -OCH3 is 2. The van der Waals surface area contributed by atoms with Crippen LogP contribution in [0.25, 0.3) is 0 Å². The minimum Gasteiger partial charge on any atom is -0.493 e. The number of hydrogen-bond acceptors (Lipinski definition) is 4. The smallest absolute Gasteiger partial charge is 0.229 e. The molecule has 1 aliphatic rings. The van der Waals surface area contributed by atoms with Crippen LogP contribution in [-0.2, 0) is 16.1 Å². The summed E-state index contributed by atoms with van der Waals surface area (Å²) in [4.78, 5) is 26.7. The molecule has 2 aromatic carbocycles. The fraction of sp³-hybridized carbons (Fsp3) is 0.333. The average molecular weight is 368 g/mol. The van der Waals surface area contributed by atoms with E-state index in [0.29, 0.717) is 30.3 Å². The van der Waals surface area contributed by atoms with Gasteiger partial charge in [0.2, 0.25) is 11.8 Å². The highest BCUT2D eigenvalue weighted by atomic mass is 16.5. The van der Waals surface area contributed by atoms with Crippen molar-refractivity contribution in [1.29, 1.82) is 0 Å². The molecule has 1 saturated heterocycles. The molecule has 0 aromatic heterocycles. The van der Waals surface area contributed by atoms with Gasteiger partial charge in [0.1, 0.15) is 0 Å². The highest BCUT2D eigenvalue weighted by Gasteiger charge is 2.34. The van der Waals surface area contributed by atoms with Crippen molar-refractivity contribution >= 4 is 17.5 Å². The first-order valence-corrected chi connectivity index (χ1v) is 8.87. The number of amides is 2. The first kappa shape index (κ1) is 18.8. The highest BCUT2D eigenvalue weighted by molar-refractivity contribution is 5.97. The van der Waals surface area contributed by atoms with E-state index in [0.717, 1.165) is 11.1 Å². The zero-order valence-corrected chi connectivity index (χ0v) is 15.8. The molecule has 0 saturated carbocycles. The SMILES string of the molecule is COc1ccc(NC(=O)C2CC(=O)N(Cc3ccccc3C)C2)cc1OC. The number of aryl methyl sites for hydroxylation is 1. The predicted molar refractivity (Wildman–Crippen MR) is 103 cm³/mol. The molecule has 1 heterocycles. The van der Waals surface area contributed by atoms with Crippen molar-refractivity contribution in [1.82, 2.24) is 4.90 Å². The predicted octanol–water partition coefficient (Wildman–Crippen LogP) is 3.00. The van der Waals surface area contributed by atoms with Gasteiger partial charge in [-0.3, -0.25) is 9.59 Å². The lowest BCUT2D eigenvalue weighted by Crippen LogP contribution is -2.28. The molecule has 6 heteroatoms. The maximum Gasteiger partial charge on any atom is 0.229 e. The number of hydrogen-bond donors (Lipinski definition) is 1. The molecule has 2 amide bonds. The second-order valence-corrected chi connectivity index (χ2v) is 6.66. The van der Waals surface area contributed by atoms with E-state index < -0.39 is 0 Å². The van der Waals surface area contributed by atoms with Crippen LogP contribution in [0.2, 0.25) is 0 Å². The Morgan fingerprint density at radius 2 is 1.89 bits per heavy atom. The van der Waals surface area contributed by atoms with Gasteiger partial charge in [-0.15, -0.1) is 0 Å². The van der Waals surface area contributed by atoms with Crippen LogP contribution in [0.1, 0.15) is 17.5 Å². The molecule has 1 aliphatic heterocycles. The summed E-state index contributed by atoms with van der Waals surface area (Å²) < 4.78 is 10.5. The lowest BCUT2D eigenvalue weighted by molar-refractivity contribution is -0.128. The van der Waals surface area contributed by atoms with Crippen LogP contribution < -0.4 is 14.8 Å². The maximum atomic E-state index is 12.6. The van der Waals surface area contributed by atoms with Crippen molar-refractivity contribution < 1.29 is 19.1 Å². The zero-order valence-electron chi connectivity index (χ0n) is 15.8. The summed E-state index contributed by atoms with van der Waals surface area (Å²) in [5, 5.41) is 2.87. The molecule has 1 unspecified atom stereocenters. The Morgan fingerprint density at radius 3 is 2.59 bits per heavy atom. The number of ether oxygens (including phenoxy) is 2. The summed E-state index contributed by atoms with van der Waals surface area (Å²) in [6.07, 6.45) is 0.227. The molecular weight excluding hydrogens is 344 g/mol. The molecule has 0 radical (unpaired) electrons. The van der Waals surface area contributed by atoms with E-state index in [1.54, 1.807) is 37.3 Å². The second-order valence-electron chi connectivity index (χ2n) is 6.66. The Hall–Kier alpha value is -3.02. The van der Waals surface area contributed by atoms with Crippen molar-refractivity contribution in [3.63, 3.8) is 0 Å². The molecule has 0 spiro atoms. The number of carbonyl (C=O) groups is 2. The molecule has 27 heavy (non-hydrogen) atoms. The average Bonchev–Trinajstić information content (AvgIpc) is 3.04. The Balaban J connectivity index is 1.65. The minimum atomic E-state index is -0.366. The van der Waals surface area contributed by atoms with Crippen LogP contribution in [0.15, 0.2) is 42.5 Å². The number of nitrogens with one attached hydrogen (secondary N) is 1. The van der Waals surface area contributed by atoms with Gasteiger partial charge >= 0.3 is 0 Å². The number of benzene rings is 2. The van der Waals surface area contributed by atoms with Crippen LogP contribution in [0.4, 0.5) is 5.69 Å². The molecule has 1 N–H and O–H groups in total. The van der Waals surface area contributed by atoms with Gasteiger partial charge in [-0.25, -0.2) is 0 Å². The van der Waals surface area contributed by atoms with Crippen LogP contribution in [0.3, 0.4) is 0 Å². The summed E-state index contributed by atoms with van der Waals surface area (Å²) >= 11 is 0. The third kappa shape index (κ3) is 4.22. The fourth-order valence-corrected chi connectivity index (χ4v) is 3.25. The van der Waals surface area contributed by atoms with Crippen molar-refractivity contribution in [3.05, 3.63) is 53.6 Å². The monoisotopic (exact) mass is 368 g/mol. The third-order valence-electron chi connectivity index (χ3n) is 4.86. The Morgan fingerprint density at radius 1 is 1.15 bits per heavy atom. The van der Waals surface area contributed by atoms with Crippen molar-refractivity contribution in [2.24, 2.45) is 5.92 Å². The van der Waals surface area contributed by atoms with Crippen molar-refractivity contribution in [2.45, 2.75) is 19.9 Å². The molecule has 1 fully saturated rings. The van der Waals surface area contributed by atoms with Gasteiger partial charge in [0.15, 0.2) is 11.5 Å². The Bertz CT molecular complexity index is 850. The lowest BCUT2D eigenvalue weighted by atomic mass is 10.1. The number of nitrogens with zero attached hydrogens (tertiary/aromatic N) is 1. The van der Waals surface area contributed by atoms with Crippen LogP contribution in [0, 0.1) is 12.8 Å². The van der Waals surface area contributed by atoms with Crippen molar-refractivity contribution in [3.8, 4) is 11.5 Å². The van der Waals surface area contributed by atoms with Gasteiger partial charge in [-0.05, 0) is 30.2 Å². The van der Waals surface area contributed by atoms with Gasteiger partial charge < -0.3 is 19.7 Å². The third-order valence-corrected chi connectivity index (χ3v) is 4.86. The zero-order chi connectivity index (χ0) is 19.4. The first-order chi connectivity index (χ1) is 13.0. The Labute approximate surface area is 159 Å². The summed E-state index contributed by atoms with van der Waals surface area (Å²) in [6.45, 7) is 2.98. The van der Waals surface area contributed by atoms with Gasteiger partial charge in [-0.2, -0.15) is 0 Å². The second kappa shape index (κ2) is 8.12. The maximum absolute atomic E-state index is 12.6. The van der Waals surface area contributed by atoms with Crippen molar-refractivity contribution in [2.75, 3.05) is 26.1 Å². The number of carbonyl (C=O) groups excluding carboxylic acids is 2. The first-order valence-electron chi connectivity index (χ1n) is 8.87. The highest BCUT2D eigenvalue weighted by Crippen LogP contribution is 2.30. The normalized spacial score (nSPS) is 16.3. The summed E-state index contributed by atoms with van der Waals surface area (Å²) in [7, 11) is 3.10. The van der Waals surface area contributed by atoms with Gasteiger partial charge in [0.05, 0.1) is 20.1 Å². The molecule has 0 bridgehead atoms. The topological polar surface area (TPSA) is 67.9 Å². The van der Waals surface area contributed by atoms with E-state index in [2.05, 4.69) is 5.32 Å². The summed E-state index contributed by atoms with van der Waals surface area (Å²) in [6, 6.07) is 13.2. The van der Waals surface area contributed by atoms with Gasteiger partial charge in [-0.1, -0.05) is 24.3 Å². The van der Waals surface area contributed by atoms with Gasteiger partial charge in [0, 0.05) is 31.3 Å². The van der Waals surface area contributed by atoms with Gasteiger partial charge in [0.25, 0.3) is 0 Å². The Kier molecular flexibility index (Phi) is 5.64. The fourth-order valence-electron chi connectivity index (χ4n) is 3.25. The number of rotatable bonds is 6. The quantitative estimate of drug-likeness (QED) is 0.851. The molecule has 3 rings (SSSR count). The number of likely N-dealkylation sites (tertiary alicyclic amines) is 1.